The summed E-state index contributed by atoms with van der Waals surface area (Å²) in [5.41, 5.74) is 2.00. The highest BCUT2D eigenvalue weighted by Crippen LogP contribution is 2.32. The second-order valence-corrected chi connectivity index (χ2v) is 6.63. The number of nitrogens with one attached hydrogen (secondary N) is 2. The van der Waals surface area contributed by atoms with Crippen molar-refractivity contribution >= 4 is 5.91 Å². The number of carbonyl (C=O) groups is 1. The lowest BCUT2D eigenvalue weighted by atomic mass is 10.1. The predicted octanol–water partition coefficient (Wildman–Crippen LogP) is 4.92. The molecule has 0 fully saturated rings. The minimum absolute atomic E-state index is 0.174. The Morgan fingerprint density at radius 1 is 1.10 bits per heavy atom. The summed E-state index contributed by atoms with van der Waals surface area (Å²) in [6.45, 7) is 3.70. The molecule has 0 atom stereocenters. The lowest BCUT2D eigenvalue weighted by Crippen LogP contribution is -2.25. The van der Waals surface area contributed by atoms with Gasteiger partial charge in [-0.25, -0.2) is 0 Å². The van der Waals surface area contributed by atoms with Gasteiger partial charge >= 0.3 is 6.18 Å². The normalized spacial score (nSPS) is 11.5. The maximum absolute atomic E-state index is 12.9. The maximum atomic E-state index is 12.9. The number of aromatic amines is 1. The van der Waals surface area contributed by atoms with E-state index in [1.807, 2.05) is 6.92 Å². The number of hydrogen-bond donors (Lipinski definition) is 2. The van der Waals surface area contributed by atoms with Crippen LogP contribution >= 0.6 is 0 Å². The number of benzene rings is 2. The number of carbonyl (C=O) groups excluding carboxylic acids is 1. The first kappa shape index (κ1) is 21.6. The standard InChI is InChI=1S/C22H22F3N3O2/c1-2-30-12-4-11-26-21(29)16-9-7-15(8-10-16)19-14-20(28-27-19)17-5-3-6-18(13-17)22(23,24)25/h3,5-10,13-14H,2,4,11-12H2,1H3,(H,26,29)(H,27,28). The Morgan fingerprint density at radius 3 is 2.57 bits per heavy atom. The molecule has 2 N–H and O–H groups in total. The van der Waals surface area contributed by atoms with Crippen LogP contribution < -0.4 is 5.32 Å². The van der Waals surface area contributed by atoms with Crippen molar-refractivity contribution in [3.63, 3.8) is 0 Å². The van der Waals surface area contributed by atoms with Gasteiger partial charge in [0.2, 0.25) is 0 Å². The number of alkyl halides is 3. The zero-order valence-electron chi connectivity index (χ0n) is 16.4. The number of nitrogens with zero attached hydrogens (tertiary/aromatic N) is 1. The molecule has 3 rings (SSSR count). The van der Waals surface area contributed by atoms with Gasteiger partial charge in [0, 0.05) is 30.9 Å². The van der Waals surface area contributed by atoms with Crippen molar-refractivity contribution in [3.05, 3.63) is 65.7 Å². The van der Waals surface area contributed by atoms with E-state index in [-0.39, 0.29) is 5.91 Å². The van der Waals surface area contributed by atoms with Crippen LogP contribution in [0.2, 0.25) is 0 Å². The molecule has 2 aromatic carbocycles. The molecule has 0 aliphatic heterocycles. The highest BCUT2D eigenvalue weighted by atomic mass is 19.4. The number of hydrogen-bond acceptors (Lipinski definition) is 3. The van der Waals surface area contributed by atoms with E-state index < -0.39 is 11.7 Å². The second-order valence-electron chi connectivity index (χ2n) is 6.63. The maximum Gasteiger partial charge on any atom is 0.416 e. The van der Waals surface area contributed by atoms with Crippen LogP contribution in [0.1, 0.15) is 29.3 Å². The van der Waals surface area contributed by atoms with E-state index >= 15 is 0 Å². The molecular formula is C22H22F3N3O2. The van der Waals surface area contributed by atoms with Crippen LogP contribution in [-0.2, 0) is 10.9 Å². The van der Waals surface area contributed by atoms with Gasteiger partial charge in [0.25, 0.3) is 5.91 Å². The third kappa shape index (κ3) is 5.48. The van der Waals surface area contributed by atoms with E-state index in [1.165, 1.54) is 6.07 Å². The molecule has 0 saturated heterocycles. The van der Waals surface area contributed by atoms with Gasteiger partial charge in [0.05, 0.1) is 17.0 Å². The molecule has 158 valence electrons. The van der Waals surface area contributed by atoms with Crippen molar-refractivity contribution in [3.8, 4) is 22.5 Å². The van der Waals surface area contributed by atoms with E-state index in [4.69, 9.17) is 4.74 Å². The van der Waals surface area contributed by atoms with Crippen LogP contribution in [0, 0.1) is 0 Å². The zero-order chi connectivity index (χ0) is 21.6. The molecule has 0 aliphatic rings. The fourth-order valence-electron chi connectivity index (χ4n) is 2.90. The van der Waals surface area contributed by atoms with E-state index in [9.17, 15) is 18.0 Å². The van der Waals surface area contributed by atoms with Crippen LogP contribution in [0.3, 0.4) is 0 Å². The average Bonchev–Trinajstić information content (AvgIpc) is 3.23. The number of halogens is 3. The summed E-state index contributed by atoms with van der Waals surface area (Å²) in [6, 6.07) is 13.6. The first-order valence-electron chi connectivity index (χ1n) is 9.58. The monoisotopic (exact) mass is 417 g/mol. The molecule has 0 radical (unpaired) electrons. The lowest BCUT2D eigenvalue weighted by Gasteiger charge is -2.07. The average molecular weight is 417 g/mol. The van der Waals surface area contributed by atoms with Crippen LogP contribution in [0.5, 0.6) is 0 Å². The van der Waals surface area contributed by atoms with Crippen LogP contribution in [-0.4, -0.2) is 35.9 Å². The second kappa shape index (κ2) is 9.58. The third-order valence-corrected chi connectivity index (χ3v) is 4.48. The van der Waals surface area contributed by atoms with E-state index in [0.717, 1.165) is 24.1 Å². The molecular weight excluding hydrogens is 395 g/mol. The lowest BCUT2D eigenvalue weighted by molar-refractivity contribution is -0.137. The molecule has 8 heteroatoms. The van der Waals surface area contributed by atoms with Crippen molar-refractivity contribution in [2.45, 2.75) is 19.5 Å². The van der Waals surface area contributed by atoms with Crippen LogP contribution in [0.4, 0.5) is 13.2 Å². The number of H-pyrrole nitrogens is 1. The van der Waals surface area contributed by atoms with Crippen LogP contribution in [0.25, 0.3) is 22.5 Å². The van der Waals surface area contributed by atoms with E-state index in [1.54, 1.807) is 36.4 Å². The minimum atomic E-state index is -4.41. The summed E-state index contributed by atoms with van der Waals surface area (Å²) in [5, 5.41) is 9.79. The quantitative estimate of drug-likeness (QED) is 0.512. The topological polar surface area (TPSA) is 67.0 Å². The Hall–Kier alpha value is -3.13. The highest BCUT2D eigenvalue weighted by Gasteiger charge is 2.30. The molecule has 0 saturated carbocycles. The van der Waals surface area contributed by atoms with Crippen molar-refractivity contribution in [1.82, 2.24) is 15.5 Å². The van der Waals surface area contributed by atoms with Gasteiger partial charge in [-0.2, -0.15) is 18.3 Å². The number of rotatable bonds is 8. The van der Waals surface area contributed by atoms with E-state index in [0.29, 0.717) is 42.3 Å². The van der Waals surface area contributed by atoms with Crippen molar-refractivity contribution < 1.29 is 22.7 Å². The van der Waals surface area contributed by atoms with Crippen molar-refractivity contribution in [1.29, 1.82) is 0 Å². The molecule has 3 aromatic rings. The van der Waals surface area contributed by atoms with Gasteiger partial charge in [-0.3, -0.25) is 9.89 Å². The molecule has 0 aliphatic carbocycles. The number of ether oxygens (including phenoxy) is 1. The van der Waals surface area contributed by atoms with Crippen LogP contribution in [0.15, 0.2) is 54.6 Å². The SMILES string of the molecule is CCOCCCNC(=O)c1ccc(-c2cc(-c3cccc(C(F)(F)F)c3)n[nH]2)cc1. The predicted molar refractivity (Wildman–Crippen MR) is 108 cm³/mol. The zero-order valence-corrected chi connectivity index (χ0v) is 16.4. The smallest absolute Gasteiger partial charge is 0.382 e. The third-order valence-electron chi connectivity index (χ3n) is 4.48. The first-order chi connectivity index (χ1) is 14.4. The molecule has 5 nitrogen and oxygen atoms in total. The van der Waals surface area contributed by atoms with Gasteiger partial charge in [-0.05, 0) is 49.2 Å². The fourth-order valence-corrected chi connectivity index (χ4v) is 2.90. The summed E-state index contributed by atoms with van der Waals surface area (Å²) in [7, 11) is 0. The highest BCUT2D eigenvalue weighted by molar-refractivity contribution is 5.94. The molecule has 0 unspecified atom stereocenters. The molecule has 0 bridgehead atoms. The molecule has 1 amide bonds. The molecule has 30 heavy (non-hydrogen) atoms. The number of aromatic nitrogens is 2. The Bertz CT molecular complexity index is 982. The molecule has 1 heterocycles. The van der Waals surface area contributed by atoms with E-state index in [2.05, 4.69) is 15.5 Å². The Labute approximate surface area is 172 Å². The minimum Gasteiger partial charge on any atom is -0.382 e. The molecule has 1 aromatic heterocycles. The fraction of sp³-hybridized carbons (Fsp3) is 0.273. The summed E-state index contributed by atoms with van der Waals surface area (Å²) >= 11 is 0. The Balaban J connectivity index is 1.67. The molecule has 0 spiro atoms. The van der Waals surface area contributed by atoms with Gasteiger partial charge in [-0.1, -0.05) is 24.3 Å². The largest absolute Gasteiger partial charge is 0.416 e. The van der Waals surface area contributed by atoms with Gasteiger partial charge in [0.1, 0.15) is 0 Å². The summed E-state index contributed by atoms with van der Waals surface area (Å²) in [6.07, 6.45) is -3.67. The van der Waals surface area contributed by atoms with Crippen molar-refractivity contribution in [2.24, 2.45) is 0 Å². The number of amides is 1. The first-order valence-corrected chi connectivity index (χ1v) is 9.58. The Morgan fingerprint density at radius 2 is 1.87 bits per heavy atom. The summed E-state index contributed by atoms with van der Waals surface area (Å²) < 4.78 is 44.0. The Kier molecular flexibility index (Phi) is 6.89. The van der Waals surface area contributed by atoms with Gasteiger partial charge in [-0.15, -0.1) is 0 Å². The summed E-state index contributed by atoms with van der Waals surface area (Å²) in [4.78, 5) is 12.2. The van der Waals surface area contributed by atoms with Gasteiger partial charge < -0.3 is 10.1 Å². The summed E-state index contributed by atoms with van der Waals surface area (Å²) in [5.74, 6) is -0.174. The van der Waals surface area contributed by atoms with Crippen molar-refractivity contribution in [2.75, 3.05) is 19.8 Å². The van der Waals surface area contributed by atoms with Gasteiger partial charge in [0.15, 0.2) is 0 Å².